The lowest BCUT2D eigenvalue weighted by molar-refractivity contribution is -0.138. The molecular weight excluding hydrogens is 347 g/mol. The van der Waals surface area contributed by atoms with Crippen molar-refractivity contribution >= 4 is 17.6 Å². The highest BCUT2D eigenvalue weighted by atomic mass is 19.1. The first-order valence-electron chi connectivity index (χ1n) is 9.86. The van der Waals surface area contributed by atoms with Gasteiger partial charge in [0.15, 0.2) is 0 Å². The summed E-state index contributed by atoms with van der Waals surface area (Å²) in [5.41, 5.74) is 6.24. The largest absolute Gasteiger partial charge is 0.342 e. The summed E-state index contributed by atoms with van der Waals surface area (Å²) >= 11 is 0. The standard InChI is InChI=1S/C20H29FN4O2/c21-16-6-2-7-17(10-16)24-20(27)23-12-14-4-3-9-25(13-14)19(26)18-8-1-5-15(18)11-22/h2,6-7,10,14-15,18H,1,3-5,8-9,11-13,22H2,(H2,23,24,27)/t14?,15-,18-/m1/s1. The molecule has 1 aliphatic carbocycles. The van der Waals surface area contributed by atoms with Gasteiger partial charge in [-0.3, -0.25) is 4.79 Å². The predicted octanol–water partition coefficient (Wildman–Crippen LogP) is 2.56. The van der Waals surface area contributed by atoms with Crippen molar-refractivity contribution in [1.29, 1.82) is 0 Å². The number of likely N-dealkylation sites (tertiary alicyclic amines) is 1. The Bertz CT molecular complexity index is 669. The SMILES string of the molecule is NC[C@H]1CCC[C@H]1C(=O)N1CCCC(CNC(=O)Nc2cccc(F)c2)C1. The average Bonchev–Trinajstić information content (AvgIpc) is 3.15. The molecule has 1 aliphatic heterocycles. The number of piperidine rings is 1. The Balaban J connectivity index is 1.46. The molecule has 1 aromatic rings. The topological polar surface area (TPSA) is 87.5 Å². The highest BCUT2D eigenvalue weighted by molar-refractivity contribution is 5.89. The number of urea groups is 1. The van der Waals surface area contributed by atoms with Crippen LogP contribution in [0.5, 0.6) is 0 Å². The molecule has 0 bridgehead atoms. The average molecular weight is 376 g/mol. The highest BCUT2D eigenvalue weighted by Gasteiger charge is 2.36. The van der Waals surface area contributed by atoms with E-state index in [0.29, 0.717) is 31.2 Å². The maximum atomic E-state index is 13.2. The molecule has 7 heteroatoms. The molecule has 1 unspecified atom stereocenters. The fraction of sp³-hybridized carbons (Fsp3) is 0.600. The number of anilines is 1. The third-order valence-electron chi connectivity index (χ3n) is 5.74. The van der Waals surface area contributed by atoms with Crippen LogP contribution in [0.1, 0.15) is 32.1 Å². The lowest BCUT2D eigenvalue weighted by Crippen LogP contribution is -2.47. The molecule has 27 heavy (non-hydrogen) atoms. The lowest BCUT2D eigenvalue weighted by atomic mass is 9.92. The highest BCUT2D eigenvalue weighted by Crippen LogP contribution is 2.33. The van der Waals surface area contributed by atoms with Crippen molar-refractivity contribution in [2.75, 3.05) is 31.5 Å². The summed E-state index contributed by atoms with van der Waals surface area (Å²) in [5.74, 6) is 0.457. The van der Waals surface area contributed by atoms with Crippen LogP contribution in [0.15, 0.2) is 24.3 Å². The van der Waals surface area contributed by atoms with Gasteiger partial charge in [-0.15, -0.1) is 0 Å². The minimum atomic E-state index is -0.392. The van der Waals surface area contributed by atoms with Crippen LogP contribution in [-0.4, -0.2) is 43.0 Å². The lowest BCUT2D eigenvalue weighted by Gasteiger charge is -2.35. The van der Waals surface area contributed by atoms with Gasteiger partial charge in [-0.2, -0.15) is 0 Å². The van der Waals surface area contributed by atoms with E-state index in [4.69, 9.17) is 5.73 Å². The fourth-order valence-corrected chi connectivity index (χ4v) is 4.29. The number of carbonyl (C=O) groups is 2. The molecule has 2 aliphatic rings. The van der Waals surface area contributed by atoms with Gasteiger partial charge in [0.25, 0.3) is 0 Å². The van der Waals surface area contributed by atoms with Crippen LogP contribution in [0, 0.1) is 23.6 Å². The Morgan fingerprint density at radius 3 is 2.85 bits per heavy atom. The molecule has 3 atom stereocenters. The smallest absolute Gasteiger partial charge is 0.319 e. The van der Waals surface area contributed by atoms with E-state index < -0.39 is 5.82 Å². The Hall–Kier alpha value is -2.15. The van der Waals surface area contributed by atoms with Gasteiger partial charge in [-0.25, -0.2) is 9.18 Å². The molecule has 4 N–H and O–H groups in total. The number of carbonyl (C=O) groups excluding carboxylic acids is 2. The zero-order valence-electron chi connectivity index (χ0n) is 15.6. The van der Waals surface area contributed by atoms with E-state index in [-0.39, 0.29) is 23.8 Å². The van der Waals surface area contributed by atoms with Gasteiger partial charge in [0.1, 0.15) is 5.82 Å². The first-order chi connectivity index (χ1) is 13.1. The Kier molecular flexibility index (Phi) is 6.66. The van der Waals surface area contributed by atoms with Crippen molar-refractivity contribution in [1.82, 2.24) is 10.2 Å². The molecule has 0 aromatic heterocycles. The predicted molar refractivity (Wildman–Crippen MR) is 103 cm³/mol. The van der Waals surface area contributed by atoms with Gasteiger partial charge in [0.05, 0.1) is 0 Å². The summed E-state index contributed by atoms with van der Waals surface area (Å²) in [6, 6.07) is 5.43. The van der Waals surface area contributed by atoms with Crippen LogP contribution >= 0.6 is 0 Å². The van der Waals surface area contributed by atoms with Gasteiger partial charge in [-0.05, 0) is 62.3 Å². The van der Waals surface area contributed by atoms with Crippen molar-refractivity contribution in [3.63, 3.8) is 0 Å². The van der Waals surface area contributed by atoms with Crippen LogP contribution in [-0.2, 0) is 4.79 Å². The Morgan fingerprint density at radius 1 is 1.22 bits per heavy atom. The molecule has 0 spiro atoms. The number of hydrogen-bond acceptors (Lipinski definition) is 3. The molecule has 148 valence electrons. The van der Waals surface area contributed by atoms with Crippen molar-refractivity contribution in [3.8, 4) is 0 Å². The number of nitrogens with one attached hydrogen (secondary N) is 2. The second-order valence-electron chi connectivity index (χ2n) is 7.67. The van der Waals surface area contributed by atoms with E-state index >= 15 is 0 Å². The first kappa shape index (κ1) is 19.6. The number of rotatable bonds is 5. The minimum Gasteiger partial charge on any atom is -0.342 e. The normalized spacial score (nSPS) is 25.3. The Morgan fingerprint density at radius 2 is 2.07 bits per heavy atom. The number of halogens is 1. The number of nitrogens with zero attached hydrogens (tertiary/aromatic N) is 1. The number of nitrogens with two attached hydrogens (primary N) is 1. The van der Waals surface area contributed by atoms with Gasteiger partial charge in [0.2, 0.25) is 5.91 Å². The molecule has 0 radical (unpaired) electrons. The number of benzene rings is 1. The van der Waals surface area contributed by atoms with Crippen LogP contribution in [0.25, 0.3) is 0 Å². The zero-order valence-corrected chi connectivity index (χ0v) is 15.6. The van der Waals surface area contributed by atoms with Crippen molar-refractivity contribution < 1.29 is 14.0 Å². The number of amides is 3. The van der Waals surface area contributed by atoms with Crippen LogP contribution in [0.3, 0.4) is 0 Å². The molecule has 3 rings (SSSR count). The van der Waals surface area contributed by atoms with Gasteiger partial charge >= 0.3 is 6.03 Å². The van der Waals surface area contributed by atoms with Crippen LogP contribution < -0.4 is 16.4 Å². The molecule has 1 aromatic carbocycles. The second kappa shape index (κ2) is 9.17. The van der Waals surface area contributed by atoms with Crippen LogP contribution in [0.4, 0.5) is 14.9 Å². The van der Waals surface area contributed by atoms with Crippen molar-refractivity contribution in [2.24, 2.45) is 23.5 Å². The summed E-state index contributed by atoms with van der Waals surface area (Å²) in [6.07, 6.45) is 5.00. The number of hydrogen-bond donors (Lipinski definition) is 3. The molecule has 3 amide bonds. The second-order valence-corrected chi connectivity index (χ2v) is 7.67. The van der Waals surface area contributed by atoms with Crippen molar-refractivity contribution in [2.45, 2.75) is 32.1 Å². The van der Waals surface area contributed by atoms with Gasteiger partial charge in [0, 0.05) is 31.2 Å². The molecule has 2 fully saturated rings. The monoisotopic (exact) mass is 376 g/mol. The maximum Gasteiger partial charge on any atom is 0.319 e. The molecule has 6 nitrogen and oxygen atoms in total. The van der Waals surface area contributed by atoms with E-state index in [9.17, 15) is 14.0 Å². The third kappa shape index (κ3) is 5.19. The molecule has 1 heterocycles. The zero-order chi connectivity index (χ0) is 19.2. The fourth-order valence-electron chi connectivity index (χ4n) is 4.29. The maximum absolute atomic E-state index is 13.2. The van der Waals surface area contributed by atoms with E-state index in [1.54, 1.807) is 12.1 Å². The van der Waals surface area contributed by atoms with Gasteiger partial charge in [-0.1, -0.05) is 12.5 Å². The quantitative estimate of drug-likeness (QED) is 0.738. The minimum absolute atomic E-state index is 0.0676. The van der Waals surface area contributed by atoms with E-state index in [1.165, 1.54) is 12.1 Å². The van der Waals surface area contributed by atoms with Gasteiger partial charge < -0.3 is 21.3 Å². The first-order valence-corrected chi connectivity index (χ1v) is 9.86. The van der Waals surface area contributed by atoms with Crippen LogP contribution in [0.2, 0.25) is 0 Å². The Labute approximate surface area is 159 Å². The van der Waals surface area contributed by atoms with E-state index in [2.05, 4.69) is 10.6 Å². The summed E-state index contributed by atoms with van der Waals surface area (Å²) < 4.78 is 13.2. The van der Waals surface area contributed by atoms with E-state index in [1.807, 2.05) is 4.90 Å². The summed E-state index contributed by atoms with van der Waals surface area (Å²) in [5, 5.41) is 5.47. The summed E-state index contributed by atoms with van der Waals surface area (Å²) in [6.45, 7) is 2.54. The molecular formula is C20H29FN4O2. The third-order valence-corrected chi connectivity index (χ3v) is 5.74. The van der Waals surface area contributed by atoms with E-state index in [0.717, 1.165) is 38.6 Å². The molecule has 1 saturated heterocycles. The summed E-state index contributed by atoms with van der Waals surface area (Å²) in [4.78, 5) is 26.9. The van der Waals surface area contributed by atoms with Crippen molar-refractivity contribution in [3.05, 3.63) is 30.1 Å². The molecule has 1 saturated carbocycles. The summed E-state index contributed by atoms with van der Waals surface area (Å²) in [7, 11) is 0.